The van der Waals surface area contributed by atoms with Crippen molar-refractivity contribution in [2.75, 3.05) is 11.9 Å². The standard InChI is InChI=1S/C28H22Cl2N2O3/c1-15-11-12-17(13-16(15)2)31-22(33)14-32-25(34)23-24(26(32)35)28(30)19-8-4-3-7-18(19)27(23,29)20-9-5-6-10-21(20)28/h3-13,23-24H,14H2,1-2H3,(H,31,33)/t23-,24-,27?,28?/m1/s1. The first-order valence-corrected chi connectivity index (χ1v) is 12.2. The number of imide groups is 1. The molecule has 3 aromatic carbocycles. The van der Waals surface area contributed by atoms with Gasteiger partial charge in [0.2, 0.25) is 17.7 Å². The predicted molar refractivity (Wildman–Crippen MR) is 134 cm³/mol. The van der Waals surface area contributed by atoms with Crippen molar-refractivity contribution in [3.05, 3.63) is 100 Å². The van der Waals surface area contributed by atoms with Crippen LogP contribution in [0.3, 0.4) is 0 Å². The van der Waals surface area contributed by atoms with Crippen LogP contribution in [0.25, 0.3) is 0 Å². The zero-order valence-corrected chi connectivity index (χ0v) is 20.7. The maximum Gasteiger partial charge on any atom is 0.244 e. The summed E-state index contributed by atoms with van der Waals surface area (Å²) in [6, 6.07) is 20.5. The molecular formula is C28H22Cl2N2O3. The number of halogens is 2. The van der Waals surface area contributed by atoms with Gasteiger partial charge in [-0.05, 0) is 59.4 Å². The SMILES string of the molecule is Cc1ccc(NC(=O)CN2C(=O)[C@H]3[C@H](C2=O)C2(Cl)c4ccccc4C3(Cl)c3ccccc32)cc1C. The van der Waals surface area contributed by atoms with Gasteiger partial charge in [0, 0.05) is 5.69 Å². The maximum atomic E-state index is 13.8. The average molecular weight is 505 g/mol. The first-order chi connectivity index (χ1) is 16.7. The van der Waals surface area contributed by atoms with E-state index in [0.29, 0.717) is 5.69 Å². The number of hydrogen-bond acceptors (Lipinski definition) is 3. The molecule has 7 rings (SSSR count). The highest BCUT2D eigenvalue weighted by Gasteiger charge is 2.73. The summed E-state index contributed by atoms with van der Waals surface area (Å²) in [5.74, 6) is -3.22. The van der Waals surface area contributed by atoms with Gasteiger partial charge in [-0.1, -0.05) is 54.6 Å². The van der Waals surface area contributed by atoms with Crippen molar-refractivity contribution in [1.82, 2.24) is 4.90 Å². The van der Waals surface area contributed by atoms with Gasteiger partial charge in [-0.3, -0.25) is 19.3 Å². The van der Waals surface area contributed by atoms with Gasteiger partial charge in [0.25, 0.3) is 0 Å². The summed E-state index contributed by atoms with van der Waals surface area (Å²) in [5, 5.41) is 2.80. The maximum absolute atomic E-state index is 13.8. The fourth-order valence-electron chi connectivity index (χ4n) is 6.04. The highest BCUT2D eigenvalue weighted by Crippen LogP contribution is 2.69. The third-order valence-corrected chi connectivity index (χ3v) is 9.05. The van der Waals surface area contributed by atoms with Crippen molar-refractivity contribution in [2.45, 2.75) is 23.6 Å². The number of nitrogens with one attached hydrogen (secondary N) is 1. The van der Waals surface area contributed by atoms with Gasteiger partial charge in [-0.25, -0.2) is 0 Å². The molecule has 0 spiro atoms. The summed E-state index contributed by atoms with van der Waals surface area (Å²) in [6.45, 7) is 3.54. The van der Waals surface area contributed by atoms with Gasteiger partial charge in [0.05, 0.1) is 11.8 Å². The van der Waals surface area contributed by atoms with E-state index >= 15 is 0 Å². The van der Waals surface area contributed by atoms with Gasteiger partial charge < -0.3 is 5.32 Å². The topological polar surface area (TPSA) is 66.5 Å². The molecule has 7 heteroatoms. The van der Waals surface area contributed by atoms with Crippen LogP contribution in [0.15, 0.2) is 66.7 Å². The molecule has 5 nitrogen and oxygen atoms in total. The Morgan fingerprint density at radius 2 is 1.26 bits per heavy atom. The van der Waals surface area contributed by atoms with Gasteiger partial charge in [0.1, 0.15) is 16.3 Å². The van der Waals surface area contributed by atoms with Crippen LogP contribution in [0.5, 0.6) is 0 Å². The Morgan fingerprint density at radius 1 is 0.800 bits per heavy atom. The molecule has 1 heterocycles. The molecule has 0 aromatic heterocycles. The number of benzene rings is 3. The normalized spacial score (nSPS) is 27.9. The Hall–Kier alpha value is -3.15. The van der Waals surface area contributed by atoms with E-state index in [-0.39, 0.29) is 0 Å². The van der Waals surface area contributed by atoms with Crippen LogP contribution in [0.4, 0.5) is 5.69 Å². The van der Waals surface area contributed by atoms with Gasteiger partial charge in [-0.15, -0.1) is 23.2 Å². The first kappa shape index (κ1) is 22.3. The molecule has 0 saturated carbocycles. The summed E-state index contributed by atoms with van der Waals surface area (Å²) in [6.07, 6.45) is 0. The monoisotopic (exact) mass is 504 g/mol. The third-order valence-electron chi connectivity index (χ3n) is 7.77. The highest BCUT2D eigenvalue weighted by atomic mass is 35.5. The lowest BCUT2D eigenvalue weighted by atomic mass is 9.54. The molecule has 3 aromatic rings. The molecular weight excluding hydrogens is 483 g/mol. The number of rotatable bonds is 3. The van der Waals surface area contributed by atoms with Gasteiger partial charge >= 0.3 is 0 Å². The molecule has 176 valence electrons. The number of nitrogens with zero attached hydrogens (tertiary/aromatic N) is 1. The quantitative estimate of drug-likeness (QED) is 0.410. The minimum absolute atomic E-state index is 0.399. The minimum atomic E-state index is -1.25. The Kier molecular flexibility index (Phi) is 4.73. The summed E-state index contributed by atoms with van der Waals surface area (Å²) in [7, 11) is 0. The minimum Gasteiger partial charge on any atom is -0.325 e. The smallest absolute Gasteiger partial charge is 0.244 e. The van der Waals surface area contributed by atoms with E-state index in [0.717, 1.165) is 38.3 Å². The van der Waals surface area contributed by atoms with E-state index in [1.807, 2.05) is 74.5 Å². The molecule has 1 saturated heterocycles. The van der Waals surface area contributed by atoms with Gasteiger partial charge in [0.15, 0.2) is 0 Å². The molecule has 1 N–H and O–H groups in total. The number of likely N-dealkylation sites (tertiary alicyclic amines) is 1. The van der Waals surface area contributed by atoms with E-state index in [4.69, 9.17) is 23.2 Å². The Morgan fingerprint density at radius 3 is 1.69 bits per heavy atom. The Balaban J connectivity index is 1.40. The lowest BCUT2D eigenvalue weighted by Gasteiger charge is -2.54. The van der Waals surface area contributed by atoms with Crippen molar-refractivity contribution < 1.29 is 14.4 Å². The lowest BCUT2D eigenvalue weighted by molar-refractivity contribution is -0.142. The molecule has 35 heavy (non-hydrogen) atoms. The first-order valence-electron chi connectivity index (χ1n) is 11.5. The number of alkyl halides is 2. The number of amides is 3. The van der Waals surface area contributed by atoms with Crippen molar-refractivity contribution in [2.24, 2.45) is 11.8 Å². The fraction of sp³-hybridized carbons (Fsp3) is 0.250. The van der Waals surface area contributed by atoms with Crippen molar-refractivity contribution >= 4 is 46.6 Å². The van der Waals surface area contributed by atoms with Crippen molar-refractivity contribution in [1.29, 1.82) is 0 Å². The predicted octanol–water partition coefficient (Wildman–Crippen LogP) is 4.84. The van der Waals surface area contributed by atoms with Crippen molar-refractivity contribution in [3.63, 3.8) is 0 Å². The molecule has 1 aliphatic heterocycles. The highest BCUT2D eigenvalue weighted by molar-refractivity contribution is 6.36. The summed E-state index contributed by atoms with van der Waals surface area (Å²) in [4.78, 5) is 39.0. The summed E-state index contributed by atoms with van der Waals surface area (Å²) >= 11 is 14.8. The molecule has 1 fully saturated rings. The Bertz CT molecular complexity index is 1330. The van der Waals surface area contributed by atoms with Crippen LogP contribution in [0, 0.1) is 25.7 Å². The van der Waals surface area contributed by atoms with Crippen LogP contribution < -0.4 is 5.32 Å². The molecule has 2 bridgehead atoms. The fourth-order valence-corrected chi connectivity index (χ4v) is 7.14. The van der Waals surface area contributed by atoms with Crippen LogP contribution in [0.2, 0.25) is 0 Å². The second-order valence-corrected chi connectivity index (χ2v) is 10.8. The molecule has 2 atom stereocenters. The second-order valence-electron chi connectivity index (χ2n) is 9.58. The van der Waals surface area contributed by atoms with E-state index in [1.165, 1.54) is 0 Å². The van der Waals surface area contributed by atoms with E-state index < -0.39 is 45.9 Å². The third kappa shape index (κ3) is 2.79. The largest absolute Gasteiger partial charge is 0.325 e. The summed E-state index contributed by atoms with van der Waals surface area (Å²) in [5.41, 5.74) is 5.68. The van der Waals surface area contributed by atoms with Crippen molar-refractivity contribution in [3.8, 4) is 0 Å². The Labute approximate surface area is 213 Å². The van der Waals surface area contributed by atoms with E-state index in [9.17, 15) is 14.4 Å². The number of anilines is 1. The molecule has 4 aliphatic rings. The van der Waals surface area contributed by atoms with Crippen LogP contribution in [-0.4, -0.2) is 29.2 Å². The molecule has 3 amide bonds. The summed E-state index contributed by atoms with van der Waals surface area (Å²) < 4.78 is 0. The van der Waals surface area contributed by atoms with Crippen LogP contribution in [-0.2, 0) is 24.1 Å². The van der Waals surface area contributed by atoms with Crippen LogP contribution >= 0.6 is 23.2 Å². The molecule has 3 aliphatic carbocycles. The number of carbonyl (C=O) groups excluding carboxylic acids is 3. The van der Waals surface area contributed by atoms with E-state index in [1.54, 1.807) is 6.07 Å². The number of carbonyl (C=O) groups is 3. The molecule has 0 radical (unpaired) electrons. The molecule has 0 unspecified atom stereocenters. The van der Waals surface area contributed by atoms with Gasteiger partial charge in [-0.2, -0.15) is 0 Å². The number of hydrogen-bond donors (Lipinski definition) is 1. The van der Waals surface area contributed by atoms with Crippen LogP contribution in [0.1, 0.15) is 33.4 Å². The lowest BCUT2D eigenvalue weighted by Crippen LogP contribution is -2.57. The zero-order chi connectivity index (χ0) is 24.7. The van der Waals surface area contributed by atoms with E-state index in [2.05, 4.69) is 5.32 Å². The number of aryl methyl sites for hydroxylation is 2. The second kappa shape index (κ2) is 7.42. The zero-order valence-electron chi connectivity index (χ0n) is 19.1. The average Bonchev–Trinajstić information content (AvgIpc) is 3.10.